The summed E-state index contributed by atoms with van der Waals surface area (Å²) in [7, 11) is 0. The molecule has 2 aromatic rings. The van der Waals surface area contributed by atoms with Gasteiger partial charge in [-0.2, -0.15) is 0 Å². The zero-order chi connectivity index (χ0) is 18.5. The molecule has 0 spiro atoms. The lowest BCUT2D eigenvalue weighted by Gasteiger charge is -2.29. The van der Waals surface area contributed by atoms with Crippen molar-refractivity contribution in [2.75, 3.05) is 38.0 Å². The molecular formula is C20H25Cl2N3O+2. The van der Waals surface area contributed by atoms with Gasteiger partial charge in [0.2, 0.25) is 0 Å². The highest BCUT2D eigenvalue weighted by Gasteiger charge is 2.25. The van der Waals surface area contributed by atoms with Gasteiger partial charge in [-0.3, -0.25) is 4.79 Å². The van der Waals surface area contributed by atoms with Crippen LogP contribution in [0.15, 0.2) is 42.5 Å². The van der Waals surface area contributed by atoms with Crippen LogP contribution < -0.4 is 15.1 Å². The Hall–Kier alpha value is -1.59. The maximum Gasteiger partial charge on any atom is 0.279 e. The Bertz CT molecular complexity index is 753. The molecule has 0 atom stereocenters. The first-order valence-corrected chi connectivity index (χ1v) is 9.74. The van der Waals surface area contributed by atoms with Gasteiger partial charge in [-0.25, -0.2) is 0 Å². The van der Waals surface area contributed by atoms with Gasteiger partial charge >= 0.3 is 0 Å². The van der Waals surface area contributed by atoms with Crippen molar-refractivity contribution < 1.29 is 14.6 Å². The summed E-state index contributed by atoms with van der Waals surface area (Å²) in [6, 6.07) is 13.8. The average Bonchev–Trinajstić information content (AvgIpc) is 2.62. The van der Waals surface area contributed by atoms with E-state index in [1.807, 2.05) is 0 Å². The predicted octanol–water partition coefficient (Wildman–Crippen LogP) is 1.22. The van der Waals surface area contributed by atoms with Crippen LogP contribution >= 0.6 is 23.2 Å². The van der Waals surface area contributed by atoms with Crippen molar-refractivity contribution in [3.05, 3.63) is 63.6 Å². The number of nitrogens with one attached hydrogen (secondary N) is 3. The van der Waals surface area contributed by atoms with Gasteiger partial charge < -0.3 is 15.1 Å². The van der Waals surface area contributed by atoms with Gasteiger partial charge in [-0.15, -0.1) is 0 Å². The van der Waals surface area contributed by atoms with Crippen molar-refractivity contribution in [3.8, 4) is 0 Å². The second-order valence-electron chi connectivity index (χ2n) is 6.92. The normalized spacial score (nSPS) is 20.0. The van der Waals surface area contributed by atoms with E-state index in [-0.39, 0.29) is 5.91 Å². The number of hydrogen-bond donors (Lipinski definition) is 3. The third-order valence-electron chi connectivity index (χ3n) is 5.00. The van der Waals surface area contributed by atoms with Crippen molar-refractivity contribution in [3.63, 3.8) is 0 Å². The second kappa shape index (κ2) is 8.87. The number of rotatable bonds is 5. The van der Waals surface area contributed by atoms with Gasteiger partial charge in [-0.1, -0.05) is 53.5 Å². The Morgan fingerprint density at radius 3 is 2.23 bits per heavy atom. The lowest BCUT2D eigenvalue weighted by molar-refractivity contribution is -1.02. The topological polar surface area (TPSA) is 38.0 Å². The zero-order valence-corrected chi connectivity index (χ0v) is 16.5. The van der Waals surface area contributed by atoms with E-state index >= 15 is 0 Å². The summed E-state index contributed by atoms with van der Waals surface area (Å²) in [5.74, 6) is -0.0441. The second-order valence-corrected chi connectivity index (χ2v) is 7.74. The number of anilines is 1. The summed E-state index contributed by atoms with van der Waals surface area (Å²) in [6.07, 6.45) is 0. The van der Waals surface area contributed by atoms with Crippen LogP contribution in [-0.2, 0) is 11.3 Å². The number of amides is 1. The molecule has 0 saturated carbocycles. The van der Waals surface area contributed by atoms with Crippen molar-refractivity contribution >= 4 is 34.8 Å². The Morgan fingerprint density at radius 2 is 1.58 bits per heavy atom. The number of hydrogen-bond acceptors (Lipinski definition) is 1. The Balaban J connectivity index is 1.48. The minimum absolute atomic E-state index is 0.0441. The van der Waals surface area contributed by atoms with Crippen LogP contribution in [0.5, 0.6) is 0 Å². The fraction of sp³-hybridized carbons (Fsp3) is 0.350. The van der Waals surface area contributed by atoms with Gasteiger partial charge in [0.15, 0.2) is 6.54 Å². The summed E-state index contributed by atoms with van der Waals surface area (Å²) in [5, 5.41) is 3.79. The third-order valence-corrected chi connectivity index (χ3v) is 5.63. The van der Waals surface area contributed by atoms with E-state index in [2.05, 4.69) is 36.5 Å². The molecule has 0 aromatic heterocycles. The van der Waals surface area contributed by atoms with Crippen molar-refractivity contribution in [1.29, 1.82) is 0 Å². The lowest BCUT2D eigenvalue weighted by atomic mass is 10.1. The quantitative estimate of drug-likeness (QED) is 0.701. The standard InChI is InChI=1S/C20H23Cl2N3O/c1-15-5-2-3-6-16(15)13-24-9-11-25(12-10-24)14-19(26)23-20-17(21)7-4-8-18(20)22/h2-8H,9-14H2,1H3,(H,23,26)/p+2. The minimum Gasteiger partial charge on any atom is -0.322 e. The summed E-state index contributed by atoms with van der Waals surface area (Å²) in [4.78, 5) is 15.2. The molecule has 0 radical (unpaired) electrons. The van der Waals surface area contributed by atoms with Crippen molar-refractivity contribution in [2.24, 2.45) is 0 Å². The maximum atomic E-state index is 12.3. The molecule has 26 heavy (non-hydrogen) atoms. The number of halogens is 2. The lowest BCUT2D eigenvalue weighted by Crippen LogP contribution is -3.28. The first-order valence-electron chi connectivity index (χ1n) is 8.98. The SMILES string of the molecule is Cc1ccccc1C[NH+]1CC[NH+](CC(=O)Nc2c(Cl)cccc2Cl)CC1. The van der Waals surface area contributed by atoms with Crippen LogP contribution in [0.25, 0.3) is 0 Å². The Labute approximate surface area is 164 Å². The number of quaternary nitrogens is 2. The van der Waals surface area contributed by atoms with Gasteiger partial charge in [0.05, 0.1) is 15.7 Å². The molecule has 0 unspecified atom stereocenters. The molecule has 138 valence electrons. The van der Waals surface area contributed by atoms with E-state index in [4.69, 9.17) is 23.2 Å². The molecule has 0 bridgehead atoms. The van der Waals surface area contributed by atoms with Crippen molar-refractivity contribution in [1.82, 2.24) is 0 Å². The number of piperazine rings is 1. The van der Waals surface area contributed by atoms with Gasteiger partial charge in [0.25, 0.3) is 5.91 Å². The highest BCUT2D eigenvalue weighted by atomic mass is 35.5. The largest absolute Gasteiger partial charge is 0.322 e. The number of para-hydroxylation sites is 1. The highest BCUT2D eigenvalue weighted by Crippen LogP contribution is 2.29. The van der Waals surface area contributed by atoms with E-state index in [0.29, 0.717) is 22.3 Å². The molecule has 1 saturated heterocycles. The molecule has 1 heterocycles. The predicted molar refractivity (Wildman–Crippen MR) is 106 cm³/mol. The first-order chi connectivity index (χ1) is 12.5. The third kappa shape index (κ3) is 4.98. The van der Waals surface area contributed by atoms with E-state index in [1.54, 1.807) is 23.1 Å². The van der Waals surface area contributed by atoms with Crippen LogP contribution in [0.4, 0.5) is 5.69 Å². The summed E-state index contributed by atoms with van der Waals surface area (Å²) in [6.45, 7) is 7.80. The highest BCUT2D eigenvalue weighted by molar-refractivity contribution is 6.39. The van der Waals surface area contributed by atoms with E-state index in [0.717, 1.165) is 32.7 Å². The average molecular weight is 394 g/mol. The van der Waals surface area contributed by atoms with Crippen LogP contribution in [0.1, 0.15) is 11.1 Å². The van der Waals surface area contributed by atoms with Crippen molar-refractivity contribution in [2.45, 2.75) is 13.5 Å². The molecule has 3 N–H and O–H groups in total. The Morgan fingerprint density at radius 1 is 0.962 bits per heavy atom. The molecule has 4 nitrogen and oxygen atoms in total. The maximum absolute atomic E-state index is 12.3. The zero-order valence-electron chi connectivity index (χ0n) is 14.9. The fourth-order valence-electron chi connectivity index (χ4n) is 3.42. The summed E-state index contributed by atoms with van der Waals surface area (Å²) in [5.41, 5.74) is 3.27. The summed E-state index contributed by atoms with van der Waals surface area (Å²) < 4.78 is 0. The first kappa shape index (κ1) is 19.2. The molecule has 1 aliphatic heterocycles. The smallest absolute Gasteiger partial charge is 0.279 e. The van der Waals surface area contributed by atoms with E-state index in [1.165, 1.54) is 16.0 Å². The number of aryl methyl sites for hydroxylation is 1. The van der Waals surface area contributed by atoms with E-state index in [9.17, 15) is 4.79 Å². The van der Waals surface area contributed by atoms with Gasteiger partial charge in [0, 0.05) is 5.56 Å². The Kier molecular flexibility index (Phi) is 6.54. The molecule has 1 amide bonds. The molecule has 0 aliphatic carbocycles. The monoisotopic (exact) mass is 393 g/mol. The van der Waals surface area contributed by atoms with Crippen LogP contribution in [0, 0.1) is 6.92 Å². The molecule has 1 fully saturated rings. The summed E-state index contributed by atoms with van der Waals surface area (Å²) >= 11 is 12.2. The van der Waals surface area contributed by atoms with Crippen LogP contribution in [-0.4, -0.2) is 38.6 Å². The number of carbonyl (C=O) groups is 1. The van der Waals surface area contributed by atoms with Crippen LogP contribution in [0.2, 0.25) is 10.0 Å². The van der Waals surface area contributed by atoms with E-state index < -0.39 is 0 Å². The molecule has 6 heteroatoms. The molecule has 1 aliphatic rings. The fourth-order valence-corrected chi connectivity index (χ4v) is 3.91. The van der Waals surface area contributed by atoms with Gasteiger partial charge in [0.1, 0.15) is 32.7 Å². The van der Waals surface area contributed by atoms with Gasteiger partial charge in [-0.05, 0) is 24.6 Å². The number of benzene rings is 2. The van der Waals surface area contributed by atoms with Crippen LogP contribution in [0.3, 0.4) is 0 Å². The number of carbonyl (C=O) groups excluding carboxylic acids is 1. The minimum atomic E-state index is -0.0441. The molecular weight excluding hydrogens is 369 g/mol. The molecule has 2 aromatic carbocycles. The molecule has 3 rings (SSSR count).